The van der Waals surface area contributed by atoms with Gasteiger partial charge in [0.15, 0.2) is 5.96 Å². The van der Waals surface area contributed by atoms with E-state index in [-0.39, 0.29) is 5.91 Å². The van der Waals surface area contributed by atoms with Crippen molar-refractivity contribution in [2.75, 3.05) is 54.9 Å². The lowest BCUT2D eigenvalue weighted by Gasteiger charge is -2.16. The van der Waals surface area contributed by atoms with Crippen molar-refractivity contribution in [2.45, 2.75) is 13.0 Å². The molecule has 0 bridgehead atoms. The first-order valence-corrected chi connectivity index (χ1v) is 10.5. The number of likely N-dealkylation sites (N-methyl/N-ethyl adjacent to an activating group) is 1. The SMILES string of the molecule is CN=C(NCCc1cccc(C(=O)N(C)C)c1)NCc1ccccc1OCCN(C)C. The highest BCUT2D eigenvalue weighted by Gasteiger charge is 2.08. The number of hydrogen-bond acceptors (Lipinski definition) is 4. The number of guanidine groups is 1. The number of nitrogens with zero attached hydrogens (tertiary/aromatic N) is 3. The normalized spacial score (nSPS) is 11.4. The molecule has 0 saturated carbocycles. The van der Waals surface area contributed by atoms with Crippen LogP contribution in [0.5, 0.6) is 5.75 Å². The second-order valence-corrected chi connectivity index (χ2v) is 7.76. The Balaban J connectivity index is 1.85. The molecule has 0 radical (unpaired) electrons. The molecule has 0 aliphatic heterocycles. The van der Waals surface area contributed by atoms with E-state index in [1.807, 2.05) is 56.6 Å². The fraction of sp³-hybridized carbons (Fsp3) is 0.417. The number of ether oxygens (including phenoxy) is 1. The van der Waals surface area contributed by atoms with Crippen LogP contribution in [0.4, 0.5) is 0 Å². The molecule has 0 saturated heterocycles. The van der Waals surface area contributed by atoms with Gasteiger partial charge in [-0.3, -0.25) is 9.79 Å². The molecule has 0 aromatic heterocycles. The third kappa shape index (κ3) is 8.30. The minimum absolute atomic E-state index is 0.0127. The summed E-state index contributed by atoms with van der Waals surface area (Å²) >= 11 is 0. The molecule has 0 unspecified atom stereocenters. The molecular weight excluding hydrogens is 390 g/mol. The molecule has 168 valence electrons. The molecule has 0 spiro atoms. The molecule has 2 N–H and O–H groups in total. The first-order chi connectivity index (χ1) is 14.9. The number of carbonyl (C=O) groups is 1. The molecule has 31 heavy (non-hydrogen) atoms. The third-order valence-electron chi connectivity index (χ3n) is 4.72. The minimum atomic E-state index is 0.0127. The van der Waals surface area contributed by atoms with E-state index in [1.54, 1.807) is 26.0 Å². The maximum absolute atomic E-state index is 12.1. The van der Waals surface area contributed by atoms with E-state index in [0.717, 1.165) is 35.8 Å². The molecule has 0 aliphatic carbocycles. The summed E-state index contributed by atoms with van der Waals surface area (Å²) in [7, 11) is 9.34. The van der Waals surface area contributed by atoms with Gasteiger partial charge in [0.25, 0.3) is 5.91 Å². The molecule has 7 heteroatoms. The van der Waals surface area contributed by atoms with Gasteiger partial charge in [-0.1, -0.05) is 30.3 Å². The summed E-state index contributed by atoms with van der Waals surface area (Å²) in [6.45, 7) is 2.84. The van der Waals surface area contributed by atoms with Gasteiger partial charge in [-0.2, -0.15) is 0 Å². The van der Waals surface area contributed by atoms with Crippen molar-refractivity contribution in [3.05, 3.63) is 65.2 Å². The predicted octanol–water partition coefficient (Wildman–Crippen LogP) is 2.24. The molecule has 1 amide bonds. The van der Waals surface area contributed by atoms with Crippen LogP contribution in [0, 0.1) is 0 Å². The van der Waals surface area contributed by atoms with E-state index in [1.165, 1.54) is 0 Å². The topological polar surface area (TPSA) is 69.2 Å². The summed E-state index contributed by atoms with van der Waals surface area (Å²) in [4.78, 5) is 20.1. The number of nitrogens with one attached hydrogen (secondary N) is 2. The number of para-hydroxylation sites is 1. The van der Waals surface area contributed by atoms with Crippen LogP contribution in [0.2, 0.25) is 0 Å². The van der Waals surface area contributed by atoms with E-state index in [4.69, 9.17) is 4.74 Å². The maximum Gasteiger partial charge on any atom is 0.253 e. The van der Waals surface area contributed by atoms with Gasteiger partial charge in [-0.15, -0.1) is 0 Å². The highest BCUT2D eigenvalue weighted by atomic mass is 16.5. The Morgan fingerprint density at radius 2 is 1.81 bits per heavy atom. The number of rotatable bonds is 10. The van der Waals surface area contributed by atoms with Gasteiger partial charge in [0.2, 0.25) is 0 Å². The quantitative estimate of drug-likeness (QED) is 0.451. The summed E-state index contributed by atoms with van der Waals surface area (Å²) in [5.41, 5.74) is 2.89. The first kappa shape index (κ1) is 24.2. The molecule has 0 aliphatic rings. The Morgan fingerprint density at radius 3 is 2.52 bits per heavy atom. The maximum atomic E-state index is 12.1. The van der Waals surface area contributed by atoms with Crippen molar-refractivity contribution in [3.8, 4) is 5.75 Å². The van der Waals surface area contributed by atoms with Crippen molar-refractivity contribution in [3.63, 3.8) is 0 Å². The van der Waals surface area contributed by atoms with E-state index < -0.39 is 0 Å². The average Bonchev–Trinajstić information content (AvgIpc) is 2.76. The molecule has 0 heterocycles. The van der Waals surface area contributed by atoms with Crippen molar-refractivity contribution < 1.29 is 9.53 Å². The number of hydrogen-bond donors (Lipinski definition) is 2. The largest absolute Gasteiger partial charge is 0.492 e. The van der Waals surface area contributed by atoms with E-state index in [0.29, 0.717) is 25.3 Å². The second kappa shape index (κ2) is 12.6. The molecule has 7 nitrogen and oxygen atoms in total. The number of aliphatic imine (C=N–C) groups is 1. The van der Waals surface area contributed by atoms with Gasteiger partial charge in [0.1, 0.15) is 12.4 Å². The highest BCUT2D eigenvalue weighted by molar-refractivity contribution is 5.94. The molecule has 2 aromatic carbocycles. The number of amides is 1. The van der Waals surface area contributed by atoms with Crippen LogP contribution in [0.1, 0.15) is 21.5 Å². The predicted molar refractivity (Wildman–Crippen MR) is 127 cm³/mol. The van der Waals surface area contributed by atoms with Crippen molar-refractivity contribution in [1.29, 1.82) is 0 Å². The van der Waals surface area contributed by atoms with Crippen molar-refractivity contribution >= 4 is 11.9 Å². The van der Waals surface area contributed by atoms with Gasteiger partial charge in [-0.25, -0.2) is 0 Å². The Hall–Kier alpha value is -3.06. The van der Waals surface area contributed by atoms with Gasteiger partial charge in [0, 0.05) is 51.9 Å². The van der Waals surface area contributed by atoms with Gasteiger partial charge < -0.3 is 25.2 Å². The summed E-state index contributed by atoms with van der Waals surface area (Å²) in [6.07, 6.45) is 0.791. The van der Waals surface area contributed by atoms with Crippen molar-refractivity contribution in [2.24, 2.45) is 4.99 Å². The van der Waals surface area contributed by atoms with Crippen molar-refractivity contribution in [1.82, 2.24) is 20.4 Å². The zero-order chi connectivity index (χ0) is 22.6. The van der Waals surface area contributed by atoms with Crippen LogP contribution in [-0.4, -0.2) is 76.6 Å². The minimum Gasteiger partial charge on any atom is -0.492 e. The Morgan fingerprint density at radius 1 is 1.03 bits per heavy atom. The van der Waals surface area contributed by atoms with E-state index in [9.17, 15) is 4.79 Å². The van der Waals surface area contributed by atoms with Crippen LogP contribution >= 0.6 is 0 Å². The Labute approximate surface area is 186 Å². The molecule has 2 aromatic rings. The highest BCUT2D eigenvalue weighted by Crippen LogP contribution is 2.17. The van der Waals surface area contributed by atoms with Crippen LogP contribution in [0.25, 0.3) is 0 Å². The van der Waals surface area contributed by atoms with E-state index >= 15 is 0 Å². The van der Waals surface area contributed by atoms with E-state index in [2.05, 4.69) is 26.6 Å². The number of carbonyl (C=O) groups excluding carboxylic acids is 1. The molecule has 0 fully saturated rings. The monoisotopic (exact) mass is 425 g/mol. The van der Waals surface area contributed by atoms with Gasteiger partial charge in [0.05, 0.1) is 0 Å². The Bertz CT molecular complexity index is 865. The lowest BCUT2D eigenvalue weighted by molar-refractivity contribution is 0.0827. The fourth-order valence-electron chi connectivity index (χ4n) is 2.97. The Kier molecular flexibility index (Phi) is 9.84. The summed E-state index contributed by atoms with van der Waals surface area (Å²) in [5.74, 6) is 1.62. The fourth-order valence-corrected chi connectivity index (χ4v) is 2.97. The lowest BCUT2D eigenvalue weighted by Crippen LogP contribution is -2.38. The lowest BCUT2D eigenvalue weighted by atomic mass is 10.1. The summed E-state index contributed by atoms with van der Waals surface area (Å²) in [5, 5.41) is 6.68. The van der Waals surface area contributed by atoms with Crippen LogP contribution in [0.15, 0.2) is 53.5 Å². The molecule has 2 rings (SSSR count). The van der Waals surface area contributed by atoms with Crippen LogP contribution in [0.3, 0.4) is 0 Å². The molecular formula is C24H35N5O2. The number of benzene rings is 2. The first-order valence-electron chi connectivity index (χ1n) is 10.5. The smallest absolute Gasteiger partial charge is 0.253 e. The zero-order valence-corrected chi connectivity index (χ0v) is 19.3. The van der Waals surface area contributed by atoms with Crippen LogP contribution < -0.4 is 15.4 Å². The molecule has 0 atom stereocenters. The summed E-state index contributed by atoms with van der Waals surface area (Å²) < 4.78 is 5.93. The standard InChI is InChI=1S/C24H35N5O2/c1-25-24(26-14-13-19-9-8-11-20(17-19)23(30)29(4)5)27-18-21-10-6-7-12-22(21)31-16-15-28(2)3/h6-12,17H,13-16,18H2,1-5H3,(H2,25,26,27). The van der Waals surface area contributed by atoms with Crippen LogP contribution in [-0.2, 0) is 13.0 Å². The second-order valence-electron chi connectivity index (χ2n) is 7.76. The van der Waals surface area contributed by atoms with Gasteiger partial charge in [-0.05, 0) is 44.3 Å². The third-order valence-corrected chi connectivity index (χ3v) is 4.72. The summed E-state index contributed by atoms with van der Waals surface area (Å²) in [6, 6.07) is 15.8. The average molecular weight is 426 g/mol. The zero-order valence-electron chi connectivity index (χ0n) is 19.3. The van der Waals surface area contributed by atoms with Gasteiger partial charge >= 0.3 is 0 Å².